The molecule has 1 N–H and O–H groups in total. The molecule has 1 aromatic heterocycles. The predicted molar refractivity (Wildman–Crippen MR) is 73.9 cm³/mol. The third kappa shape index (κ3) is 2.73. The van der Waals surface area contributed by atoms with Gasteiger partial charge in [0.15, 0.2) is 0 Å². The molecule has 2 heterocycles. The molecule has 1 aliphatic rings. The quantitative estimate of drug-likeness (QED) is 0.507. The third-order valence-corrected chi connectivity index (χ3v) is 3.61. The van der Waals surface area contributed by atoms with Gasteiger partial charge in [0.1, 0.15) is 11.3 Å². The van der Waals surface area contributed by atoms with Crippen molar-refractivity contribution in [2.24, 2.45) is 0 Å². The zero-order chi connectivity index (χ0) is 14.9. The molecule has 8 heteroatoms. The first kappa shape index (κ1) is 14.7. The van der Waals surface area contributed by atoms with E-state index in [2.05, 4.69) is 10.3 Å². The number of hydrogen-bond donors (Lipinski definition) is 1. The van der Waals surface area contributed by atoms with Crippen molar-refractivity contribution in [2.45, 2.75) is 19.4 Å². The molecule has 1 amide bonds. The van der Waals surface area contributed by atoms with E-state index in [9.17, 15) is 14.9 Å². The van der Waals surface area contributed by atoms with Gasteiger partial charge in [0.05, 0.1) is 16.0 Å². The molecule has 0 atom stereocenters. The maximum absolute atomic E-state index is 12.6. The highest BCUT2D eigenvalue weighted by Crippen LogP contribution is 2.25. The van der Waals surface area contributed by atoms with Gasteiger partial charge in [0.25, 0.3) is 11.6 Å². The monoisotopic (exact) mass is 298 g/mol. The number of hydrogen-bond acceptors (Lipinski definition) is 5. The number of piperazine rings is 1. The Morgan fingerprint density at radius 1 is 1.60 bits per heavy atom. The summed E-state index contributed by atoms with van der Waals surface area (Å²) in [5.41, 5.74) is -0.565. The molecule has 20 heavy (non-hydrogen) atoms. The molecule has 7 nitrogen and oxygen atoms in total. The number of nitrogens with zero attached hydrogens (tertiary/aromatic N) is 3. The minimum atomic E-state index is -0.594. The van der Waals surface area contributed by atoms with Gasteiger partial charge in [0, 0.05) is 25.7 Å². The van der Waals surface area contributed by atoms with Gasteiger partial charge in [-0.25, -0.2) is 4.98 Å². The molecule has 1 aromatic rings. The molecule has 0 aromatic carbocycles. The van der Waals surface area contributed by atoms with Crippen molar-refractivity contribution in [1.82, 2.24) is 15.2 Å². The lowest BCUT2D eigenvalue weighted by molar-refractivity contribution is -0.385. The highest BCUT2D eigenvalue weighted by molar-refractivity contribution is 6.32. The Labute approximate surface area is 121 Å². The Kier molecular flexibility index (Phi) is 3.92. The topological polar surface area (TPSA) is 88.4 Å². The standard InChI is InChI=1S/C12H15ClN4O3/c1-12(2)7-14-3-4-16(12)11(18)9-5-8(17(19)20)6-15-10(9)13/h5-6,14H,3-4,7H2,1-2H3. The van der Waals surface area contributed by atoms with Gasteiger partial charge in [-0.3, -0.25) is 14.9 Å². The number of nitrogens with one attached hydrogen (secondary N) is 1. The second kappa shape index (κ2) is 5.34. The van der Waals surface area contributed by atoms with Crippen molar-refractivity contribution in [2.75, 3.05) is 19.6 Å². The van der Waals surface area contributed by atoms with Gasteiger partial charge in [-0.15, -0.1) is 0 Å². The van der Waals surface area contributed by atoms with E-state index in [0.29, 0.717) is 19.6 Å². The fourth-order valence-corrected chi connectivity index (χ4v) is 2.38. The summed E-state index contributed by atoms with van der Waals surface area (Å²) in [7, 11) is 0. The summed E-state index contributed by atoms with van der Waals surface area (Å²) in [6.07, 6.45) is 1.04. The van der Waals surface area contributed by atoms with Crippen LogP contribution in [0.25, 0.3) is 0 Å². The summed E-state index contributed by atoms with van der Waals surface area (Å²) in [5.74, 6) is -0.335. The number of amides is 1. The third-order valence-electron chi connectivity index (χ3n) is 3.31. The summed E-state index contributed by atoms with van der Waals surface area (Å²) in [6.45, 7) is 5.70. The van der Waals surface area contributed by atoms with Crippen molar-refractivity contribution in [1.29, 1.82) is 0 Å². The number of aromatic nitrogens is 1. The molecule has 1 fully saturated rings. The van der Waals surface area contributed by atoms with Crippen LogP contribution in [0.4, 0.5) is 5.69 Å². The van der Waals surface area contributed by atoms with Gasteiger partial charge in [-0.2, -0.15) is 0 Å². The van der Waals surface area contributed by atoms with Crippen LogP contribution in [0.1, 0.15) is 24.2 Å². The molecule has 0 aliphatic carbocycles. The van der Waals surface area contributed by atoms with Crippen molar-refractivity contribution < 1.29 is 9.72 Å². The van der Waals surface area contributed by atoms with Crippen molar-refractivity contribution in [3.05, 3.63) is 33.1 Å². The molecular weight excluding hydrogens is 284 g/mol. The lowest BCUT2D eigenvalue weighted by atomic mass is 9.99. The summed E-state index contributed by atoms with van der Waals surface area (Å²) >= 11 is 5.91. The van der Waals surface area contributed by atoms with Crippen LogP contribution in [-0.4, -0.2) is 45.9 Å². The molecule has 2 rings (SSSR count). The van der Waals surface area contributed by atoms with Crippen molar-refractivity contribution >= 4 is 23.2 Å². The van der Waals surface area contributed by atoms with Crippen LogP contribution in [-0.2, 0) is 0 Å². The second-order valence-corrected chi connectivity index (χ2v) is 5.59. The second-order valence-electron chi connectivity index (χ2n) is 5.23. The number of carbonyl (C=O) groups is 1. The van der Waals surface area contributed by atoms with Crippen LogP contribution in [0.3, 0.4) is 0 Å². The minimum absolute atomic E-state index is 0.0186. The minimum Gasteiger partial charge on any atom is -0.331 e. The van der Waals surface area contributed by atoms with Crippen LogP contribution in [0.15, 0.2) is 12.3 Å². The number of halogens is 1. The van der Waals surface area contributed by atoms with E-state index in [1.165, 1.54) is 6.07 Å². The van der Waals surface area contributed by atoms with Gasteiger partial charge in [0.2, 0.25) is 0 Å². The molecule has 1 aliphatic heterocycles. The van der Waals surface area contributed by atoms with Crippen LogP contribution in [0.2, 0.25) is 5.15 Å². The lowest BCUT2D eigenvalue weighted by Gasteiger charge is -2.42. The Morgan fingerprint density at radius 3 is 2.90 bits per heavy atom. The van der Waals surface area contributed by atoms with Gasteiger partial charge >= 0.3 is 0 Å². The Morgan fingerprint density at radius 2 is 2.30 bits per heavy atom. The molecule has 0 bridgehead atoms. The molecule has 1 saturated heterocycles. The Bertz CT molecular complexity index is 562. The highest BCUT2D eigenvalue weighted by Gasteiger charge is 2.35. The fraction of sp³-hybridized carbons (Fsp3) is 0.500. The number of nitro groups is 1. The van der Waals surface area contributed by atoms with E-state index in [0.717, 1.165) is 6.20 Å². The fourth-order valence-electron chi connectivity index (χ4n) is 2.19. The highest BCUT2D eigenvalue weighted by atomic mass is 35.5. The van der Waals surface area contributed by atoms with E-state index in [4.69, 9.17) is 11.6 Å². The van der Waals surface area contributed by atoms with E-state index < -0.39 is 4.92 Å². The van der Waals surface area contributed by atoms with Crippen LogP contribution < -0.4 is 5.32 Å². The van der Waals surface area contributed by atoms with Crippen molar-refractivity contribution in [3.63, 3.8) is 0 Å². The molecule has 0 saturated carbocycles. The number of rotatable bonds is 2. The van der Waals surface area contributed by atoms with Gasteiger partial charge in [-0.05, 0) is 13.8 Å². The lowest BCUT2D eigenvalue weighted by Crippen LogP contribution is -2.59. The van der Waals surface area contributed by atoms with Crippen LogP contribution in [0.5, 0.6) is 0 Å². The van der Waals surface area contributed by atoms with E-state index in [1.807, 2.05) is 13.8 Å². The SMILES string of the molecule is CC1(C)CNCCN1C(=O)c1cc([N+](=O)[O-])cnc1Cl. The molecule has 108 valence electrons. The average molecular weight is 299 g/mol. The van der Waals surface area contributed by atoms with Crippen molar-refractivity contribution in [3.8, 4) is 0 Å². The van der Waals surface area contributed by atoms with Gasteiger partial charge < -0.3 is 10.2 Å². The zero-order valence-corrected chi connectivity index (χ0v) is 12.0. The average Bonchev–Trinajstić information content (AvgIpc) is 2.37. The largest absolute Gasteiger partial charge is 0.331 e. The molecule has 0 spiro atoms. The molecule has 0 unspecified atom stereocenters. The normalized spacial score (nSPS) is 17.9. The smallest absolute Gasteiger partial charge is 0.288 e. The zero-order valence-electron chi connectivity index (χ0n) is 11.2. The van der Waals surface area contributed by atoms with E-state index in [1.54, 1.807) is 4.90 Å². The Hall–Kier alpha value is -1.73. The predicted octanol–water partition coefficient (Wildman–Crippen LogP) is 1.47. The summed E-state index contributed by atoms with van der Waals surface area (Å²) in [4.78, 5) is 28.1. The maximum Gasteiger partial charge on any atom is 0.288 e. The first-order valence-corrected chi connectivity index (χ1v) is 6.53. The summed E-state index contributed by atoms with van der Waals surface area (Å²) in [6, 6.07) is 1.18. The summed E-state index contributed by atoms with van der Waals surface area (Å²) in [5, 5.41) is 14.0. The molecular formula is C12H15ClN4O3. The van der Waals surface area contributed by atoms with Crippen LogP contribution >= 0.6 is 11.6 Å². The van der Waals surface area contributed by atoms with Crippen LogP contribution in [0, 0.1) is 10.1 Å². The first-order valence-electron chi connectivity index (χ1n) is 6.15. The van der Waals surface area contributed by atoms with Gasteiger partial charge in [-0.1, -0.05) is 11.6 Å². The van der Waals surface area contributed by atoms with E-state index >= 15 is 0 Å². The number of pyridine rings is 1. The summed E-state index contributed by atoms with van der Waals surface area (Å²) < 4.78 is 0. The Balaban J connectivity index is 2.37. The maximum atomic E-state index is 12.6. The number of carbonyl (C=O) groups excluding carboxylic acids is 1. The first-order chi connectivity index (χ1) is 9.33. The van der Waals surface area contributed by atoms with E-state index in [-0.39, 0.29) is 27.9 Å². The molecule has 0 radical (unpaired) electrons.